The molecule has 0 aliphatic carbocycles. The maximum absolute atomic E-state index is 12.1. The molecular formula is C15H24N2O2. The summed E-state index contributed by atoms with van der Waals surface area (Å²) in [5, 5.41) is 9.92. The highest BCUT2D eigenvalue weighted by Crippen LogP contribution is 2.42. The van der Waals surface area contributed by atoms with Crippen molar-refractivity contribution in [2.45, 2.75) is 56.7 Å². The van der Waals surface area contributed by atoms with E-state index in [1.807, 2.05) is 0 Å². The molecule has 0 radical (unpaired) electrons. The van der Waals surface area contributed by atoms with E-state index in [0.29, 0.717) is 29.8 Å². The van der Waals surface area contributed by atoms with Crippen molar-refractivity contribution >= 4 is 5.91 Å². The van der Waals surface area contributed by atoms with Crippen LogP contribution in [0.25, 0.3) is 0 Å². The molecule has 4 heterocycles. The van der Waals surface area contributed by atoms with E-state index in [1.165, 1.54) is 12.8 Å². The first-order chi connectivity index (χ1) is 9.22. The molecule has 4 heteroatoms. The zero-order chi connectivity index (χ0) is 13.0. The molecule has 4 nitrogen and oxygen atoms in total. The molecule has 5 atom stereocenters. The van der Waals surface area contributed by atoms with E-state index in [-0.39, 0.29) is 6.10 Å². The fourth-order valence-electron chi connectivity index (χ4n) is 5.07. The summed E-state index contributed by atoms with van der Waals surface area (Å²) in [4.78, 5) is 17.0. The van der Waals surface area contributed by atoms with Crippen LogP contribution < -0.4 is 0 Å². The third-order valence-electron chi connectivity index (χ3n) is 5.94. The first-order valence-corrected chi connectivity index (χ1v) is 7.94. The number of carbonyl (C=O) groups is 1. The van der Waals surface area contributed by atoms with Crippen LogP contribution in [0.3, 0.4) is 0 Å². The Bertz CT molecular complexity index is 386. The Morgan fingerprint density at radius 1 is 1.05 bits per heavy atom. The van der Waals surface area contributed by atoms with Crippen LogP contribution in [0.2, 0.25) is 0 Å². The summed E-state index contributed by atoms with van der Waals surface area (Å²) >= 11 is 0. The minimum atomic E-state index is -0.118. The lowest BCUT2D eigenvalue weighted by molar-refractivity contribution is -0.150. The van der Waals surface area contributed by atoms with Crippen molar-refractivity contribution in [1.82, 2.24) is 9.80 Å². The molecule has 0 aromatic heterocycles. The van der Waals surface area contributed by atoms with Crippen molar-refractivity contribution in [3.05, 3.63) is 0 Å². The predicted molar refractivity (Wildman–Crippen MR) is 71.6 cm³/mol. The summed E-state index contributed by atoms with van der Waals surface area (Å²) in [5.74, 6) is 1.68. The second kappa shape index (κ2) is 4.45. The van der Waals surface area contributed by atoms with E-state index in [1.54, 1.807) is 0 Å². The molecule has 4 saturated heterocycles. The molecule has 0 spiro atoms. The minimum absolute atomic E-state index is 0.118. The number of hydrogen-bond donors (Lipinski definition) is 1. The predicted octanol–water partition coefficient (Wildman–Crippen LogP) is 0.843. The second-order valence-corrected chi connectivity index (χ2v) is 7.00. The van der Waals surface area contributed by atoms with Crippen molar-refractivity contribution in [3.63, 3.8) is 0 Å². The summed E-state index contributed by atoms with van der Waals surface area (Å²) < 4.78 is 0. The van der Waals surface area contributed by atoms with Gasteiger partial charge >= 0.3 is 0 Å². The highest BCUT2D eigenvalue weighted by atomic mass is 16.3. The van der Waals surface area contributed by atoms with Gasteiger partial charge in [0, 0.05) is 38.1 Å². The molecule has 4 fully saturated rings. The summed E-state index contributed by atoms with van der Waals surface area (Å²) in [7, 11) is 0. The van der Waals surface area contributed by atoms with Crippen LogP contribution in [0.15, 0.2) is 0 Å². The van der Waals surface area contributed by atoms with Gasteiger partial charge in [0.2, 0.25) is 5.91 Å². The number of fused-ring (bicyclic) bond motifs is 6. The molecule has 4 aliphatic heterocycles. The quantitative estimate of drug-likeness (QED) is 0.705. The smallest absolute Gasteiger partial charge is 0.222 e. The van der Waals surface area contributed by atoms with Crippen LogP contribution in [-0.4, -0.2) is 58.6 Å². The number of nitrogens with zero attached hydrogens (tertiary/aromatic N) is 2. The second-order valence-electron chi connectivity index (χ2n) is 7.00. The van der Waals surface area contributed by atoms with E-state index in [0.717, 1.165) is 45.3 Å². The van der Waals surface area contributed by atoms with Crippen molar-refractivity contribution < 1.29 is 9.90 Å². The highest BCUT2D eigenvalue weighted by molar-refractivity contribution is 5.77. The third kappa shape index (κ3) is 1.91. The van der Waals surface area contributed by atoms with Gasteiger partial charge in [0.25, 0.3) is 0 Å². The molecule has 4 aliphatic rings. The average molecular weight is 264 g/mol. The normalized spacial score (nSPS) is 46.7. The Labute approximate surface area is 114 Å². The number of hydrogen-bond acceptors (Lipinski definition) is 3. The third-order valence-corrected chi connectivity index (χ3v) is 5.94. The standard InChI is InChI=1S/C15H24N2O2/c18-12-4-5-16-8-10-6-11(14(16)7-12)9-17-13(10)2-1-3-15(17)19/h10-14,18H,1-9H2/t10-,11-,12+,13-,14-/m1/s1. The number of amides is 1. The lowest BCUT2D eigenvalue weighted by Crippen LogP contribution is -2.65. The Morgan fingerprint density at radius 2 is 1.89 bits per heavy atom. The van der Waals surface area contributed by atoms with Gasteiger partial charge in [0.05, 0.1) is 6.10 Å². The van der Waals surface area contributed by atoms with E-state index in [2.05, 4.69) is 9.80 Å². The molecule has 1 N–H and O–H groups in total. The molecular weight excluding hydrogens is 240 g/mol. The van der Waals surface area contributed by atoms with E-state index < -0.39 is 0 Å². The topological polar surface area (TPSA) is 43.8 Å². The summed E-state index contributed by atoms with van der Waals surface area (Å²) in [5.41, 5.74) is 0. The summed E-state index contributed by atoms with van der Waals surface area (Å²) in [6.45, 7) is 3.16. The maximum atomic E-state index is 12.1. The van der Waals surface area contributed by atoms with Gasteiger partial charge in [-0.15, -0.1) is 0 Å². The number of carbonyl (C=O) groups excluding carboxylic acids is 1. The fourth-order valence-corrected chi connectivity index (χ4v) is 5.07. The highest BCUT2D eigenvalue weighted by Gasteiger charge is 2.48. The van der Waals surface area contributed by atoms with Crippen LogP contribution in [0.4, 0.5) is 0 Å². The monoisotopic (exact) mass is 264 g/mol. The Hall–Kier alpha value is -0.610. The van der Waals surface area contributed by atoms with Gasteiger partial charge in [0.1, 0.15) is 0 Å². The average Bonchev–Trinajstić information content (AvgIpc) is 2.41. The first-order valence-electron chi connectivity index (χ1n) is 7.94. The van der Waals surface area contributed by atoms with Gasteiger partial charge in [-0.25, -0.2) is 0 Å². The van der Waals surface area contributed by atoms with Crippen molar-refractivity contribution in [2.24, 2.45) is 11.8 Å². The summed E-state index contributed by atoms with van der Waals surface area (Å²) in [6.07, 6.45) is 6.07. The molecule has 1 amide bonds. The zero-order valence-corrected chi connectivity index (χ0v) is 11.5. The SMILES string of the molecule is O=C1CCC[C@@H]2[C@@H]3C[C@H](CN12)[C@H]1C[C@@H](O)CCN1C3. The molecule has 106 valence electrons. The van der Waals surface area contributed by atoms with Crippen LogP contribution >= 0.6 is 0 Å². The summed E-state index contributed by atoms with van der Waals surface area (Å²) in [6, 6.07) is 1.04. The zero-order valence-electron chi connectivity index (χ0n) is 11.5. The Kier molecular flexibility index (Phi) is 2.85. The van der Waals surface area contributed by atoms with Gasteiger partial charge in [-0.1, -0.05) is 0 Å². The van der Waals surface area contributed by atoms with E-state index >= 15 is 0 Å². The molecule has 0 aromatic carbocycles. The molecule has 4 rings (SSSR count). The number of piperidine rings is 4. The van der Waals surface area contributed by atoms with Gasteiger partial charge in [0.15, 0.2) is 0 Å². The van der Waals surface area contributed by atoms with Crippen molar-refractivity contribution in [2.75, 3.05) is 19.6 Å². The van der Waals surface area contributed by atoms with E-state index in [9.17, 15) is 9.90 Å². The number of aliphatic hydroxyl groups is 1. The van der Waals surface area contributed by atoms with Crippen LogP contribution in [0, 0.1) is 11.8 Å². The lowest BCUT2D eigenvalue weighted by atomic mass is 9.70. The molecule has 0 saturated carbocycles. The van der Waals surface area contributed by atoms with Crippen molar-refractivity contribution in [3.8, 4) is 0 Å². The molecule has 0 unspecified atom stereocenters. The Morgan fingerprint density at radius 3 is 2.79 bits per heavy atom. The van der Waals surface area contributed by atoms with Crippen LogP contribution in [0.5, 0.6) is 0 Å². The van der Waals surface area contributed by atoms with Crippen molar-refractivity contribution in [1.29, 1.82) is 0 Å². The van der Waals surface area contributed by atoms with Gasteiger partial charge in [-0.2, -0.15) is 0 Å². The van der Waals surface area contributed by atoms with E-state index in [4.69, 9.17) is 0 Å². The Balaban J connectivity index is 1.58. The number of rotatable bonds is 0. The molecule has 0 aromatic rings. The largest absolute Gasteiger partial charge is 0.393 e. The van der Waals surface area contributed by atoms with Gasteiger partial charge in [-0.3, -0.25) is 9.69 Å². The van der Waals surface area contributed by atoms with Crippen LogP contribution in [-0.2, 0) is 4.79 Å². The van der Waals surface area contributed by atoms with Crippen LogP contribution in [0.1, 0.15) is 38.5 Å². The fraction of sp³-hybridized carbons (Fsp3) is 0.933. The first kappa shape index (κ1) is 12.2. The molecule has 19 heavy (non-hydrogen) atoms. The minimum Gasteiger partial charge on any atom is -0.393 e. The maximum Gasteiger partial charge on any atom is 0.222 e. The van der Waals surface area contributed by atoms with Gasteiger partial charge in [-0.05, 0) is 43.9 Å². The molecule has 2 bridgehead atoms. The van der Waals surface area contributed by atoms with Gasteiger partial charge < -0.3 is 10.0 Å². The lowest BCUT2D eigenvalue weighted by Gasteiger charge is -2.57. The number of aliphatic hydroxyl groups excluding tert-OH is 1.